The van der Waals surface area contributed by atoms with Gasteiger partial charge in [0.15, 0.2) is 6.61 Å². The van der Waals surface area contributed by atoms with E-state index < -0.39 is 17.6 Å². The second-order valence-electron chi connectivity index (χ2n) is 6.00. The van der Waals surface area contributed by atoms with Gasteiger partial charge in [-0.05, 0) is 30.7 Å². The third-order valence-electron chi connectivity index (χ3n) is 4.06. The van der Waals surface area contributed by atoms with Gasteiger partial charge in [-0.1, -0.05) is 37.3 Å². The molecule has 0 saturated heterocycles. The molecule has 0 aliphatic rings. The maximum atomic E-state index is 12.8. The van der Waals surface area contributed by atoms with Crippen molar-refractivity contribution < 1.29 is 22.7 Å². The number of carbonyl (C=O) groups is 1. The number of aryl methyl sites for hydroxylation is 1. The Morgan fingerprint density at radius 3 is 2.39 bits per heavy atom. The van der Waals surface area contributed by atoms with E-state index in [9.17, 15) is 18.0 Å². The molecule has 5 nitrogen and oxygen atoms in total. The Bertz CT molecular complexity index is 936. The minimum Gasteiger partial charge on any atom is -0.484 e. The monoisotopic (exact) mass is 389 g/mol. The van der Waals surface area contributed by atoms with Gasteiger partial charge in [-0.2, -0.15) is 18.3 Å². The van der Waals surface area contributed by atoms with Crippen molar-refractivity contribution in [2.45, 2.75) is 19.5 Å². The summed E-state index contributed by atoms with van der Waals surface area (Å²) in [5.41, 5.74) is 1.19. The van der Waals surface area contributed by atoms with Gasteiger partial charge in [-0.25, -0.2) is 0 Å². The topological polar surface area (TPSA) is 67.0 Å². The molecule has 3 aromatic rings. The van der Waals surface area contributed by atoms with Gasteiger partial charge in [0.25, 0.3) is 5.91 Å². The predicted molar refractivity (Wildman–Crippen MR) is 99.0 cm³/mol. The largest absolute Gasteiger partial charge is 0.484 e. The second kappa shape index (κ2) is 8.16. The summed E-state index contributed by atoms with van der Waals surface area (Å²) in [6.45, 7) is 1.67. The quantitative estimate of drug-likeness (QED) is 0.644. The van der Waals surface area contributed by atoms with Crippen LogP contribution in [0.2, 0.25) is 0 Å². The van der Waals surface area contributed by atoms with Gasteiger partial charge in [0.1, 0.15) is 11.4 Å². The molecule has 0 fully saturated rings. The van der Waals surface area contributed by atoms with Crippen LogP contribution in [0.15, 0.2) is 54.6 Å². The molecular formula is C20H18F3N3O2. The normalized spacial score (nSPS) is 11.3. The highest BCUT2D eigenvalue weighted by Gasteiger charge is 2.30. The van der Waals surface area contributed by atoms with E-state index in [2.05, 4.69) is 15.5 Å². The number of hydrogen-bond acceptors (Lipinski definition) is 3. The predicted octanol–water partition coefficient (Wildman–Crippen LogP) is 4.68. The molecule has 0 bridgehead atoms. The molecule has 0 unspecified atom stereocenters. The zero-order valence-electron chi connectivity index (χ0n) is 15.0. The molecule has 0 spiro atoms. The number of amides is 1. The number of aromatic amines is 1. The number of halogens is 3. The lowest BCUT2D eigenvalue weighted by Crippen LogP contribution is -2.21. The first-order valence-corrected chi connectivity index (χ1v) is 8.61. The van der Waals surface area contributed by atoms with Crippen LogP contribution in [-0.2, 0) is 17.4 Å². The minimum absolute atomic E-state index is 0.204. The highest BCUT2D eigenvalue weighted by Crippen LogP contribution is 2.33. The summed E-state index contributed by atoms with van der Waals surface area (Å²) in [4.78, 5) is 12.3. The Labute approximate surface area is 159 Å². The number of nitrogens with one attached hydrogen (secondary N) is 2. The van der Waals surface area contributed by atoms with Crippen molar-refractivity contribution in [1.82, 2.24) is 10.2 Å². The zero-order valence-corrected chi connectivity index (χ0v) is 15.0. The lowest BCUT2D eigenvalue weighted by atomic mass is 10.1. The van der Waals surface area contributed by atoms with E-state index in [-0.39, 0.29) is 6.61 Å². The summed E-state index contributed by atoms with van der Waals surface area (Å²) < 4.78 is 43.7. The van der Waals surface area contributed by atoms with Crippen LogP contribution in [0.1, 0.15) is 18.2 Å². The number of para-hydroxylation sites is 1. The highest BCUT2D eigenvalue weighted by atomic mass is 19.4. The Balaban J connectivity index is 1.77. The van der Waals surface area contributed by atoms with Crippen molar-refractivity contribution in [3.05, 3.63) is 65.9 Å². The Morgan fingerprint density at radius 2 is 1.79 bits per heavy atom. The number of aromatic nitrogens is 2. The number of hydrogen-bond donors (Lipinski definition) is 2. The van der Waals surface area contributed by atoms with E-state index in [0.29, 0.717) is 34.8 Å². The zero-order chi connectivity index (χ0) is 20.1. The van der Waals surface area contributed by atoms with Gasteiger partial charge in [0.2, 0.25) is 0 Å². The minimum atomic E-state index is -4.41. The fourth-order valence-electron chi connectivity index (χ4n) is 2.64. The molecule has 2 aromatic carbocycles. The maximum absolute atomic E-state index is 12.8. The van der Waals surface area contributed by atoms with Crippen molar-refractivity contribution >= 4 is 11.6 Å². The van der Waals surface area contributed by atoms with E-state index in [4.69, 9.17) is 4.74 Å². The lowest BCUT2D eigenvalue weighted by molar-refractivity contribution is -0.137. The summed E-state index contributed by atoms with van der Waals surface area (Å²) in [7, 11) is 0. The van der Waals surface area contributed by atoms with E-state index in [0.717, 1.165) is 12.1 Å². The number of ether oxygens (including phenoxy) is 1. The van der Waals surface area contributed by atoms with Crippen LogP contribution in [0, 0.1) is 0 Å². The van der Waals surface area contributed by atoms with E-state index in [1.165, 1.54) is 12.1 Å². The SMILES string of the molecule is CCc1[nH]nc(-c2ccc(C(F)(F)F)cc2)c1NC(=O)COc1ccccc1. The third kappa shape index (κ3) is 4.51. The van der Waals surface area contributed by atoms with Crippen molar-refractivity contribution in [1.29, 1.82) is 0 Å². The average molecular weight is 389 g/mol. The Kier molecular flexibility index (Phi) is 5.67. The number of anilines is 1. The molecule has 0 atom stereocenters. The van der Waals surface area contributed by atoms with Gasteiger partial charge in [-0.15, -0.1) is 0 Å². The highest BCUT2D eigenvalue weighted by molar-refractivity contribution is 5.96. The standard InChI is InChI=1S/C20H18F3N3O2/c1-2-16-19(24-17(27)12-28-15-6-4-3-5-7-15)18(26-25-16)13-8-10-14(11-9-13)20(21,22)23/h3-11H,2,12H2,1H3,(H,24,27)(H,25,26). The van der Waals surface area contributed by atoms with E-state index >= 15 is 0 Å². The fourth-order valence-corrected chi connectivity index (χ4v) is 2.64. The van der Waals surface area contributed by atoms with Gasteiger partial charge >= 0.3 is 6.18 Å². The fraction of sp³-hybridized carbons (Fsp3) is 0.200. The lowest BCUT2D eigenvalue weighted by Gasteiger charge is -2.10. The first-order chi connectivity index (χ1) is 13.4. The molecule has 1 amide bonds. The molecule has 0 aliphatic heterocycles. The molecule has 146 valence electrons. The summed E-state index contributed by atoms with van der Waals surface area (Å²) in [5, 5.41) is 9.72. The maximum Gasteiger partial charge on any atom is 0.416 e. The summed E-state index contributed by atoms with van der Waals surface area (Å²) in [6.07, 6.45) is -3.85. The number of carbonyl (C=O) groups excluding carboxylic acids is 1. The van der Waals surface area contributed by atoms with Crippen LogP contribution >= 0.6 is 0 Å². The van der Waals surface area contributed by atoms with Crippen molar-refractivity contribution in [2.75, 3.05) is 11.9 Å². The first kappa shape index (κ1) is 19.5. The molecule has 8 heteroatoms. The summed E-state index contributed by atoms with van der Waals surface area (Å²) in [5.74, 6) is 0.164. The number of benzene rings is 2. The molecule has 3 rings (SSSR count). The van der Waals surface area contributed by atoms with Gasteiger partial charge in [0, 0.05) is 5.56 Å². The van der Waals surface area contributed by atoms with Crippen molar-refractivity contribution in [3.63, 3.8) is 0 Å². The van der Waals surface area contributed by atoms with Gasteiger partial charge in [-0.3, -0.25) is 9.89 Å². The van der Waals surface area contributed by atoms with Crippen LogP contribution in [0.3, 0.4) is 0 Å². The Hall–Kier alpha value is -3.29. The molecule has 0 saturated carbocycles. The molecule has 0 radical (unpaired) electrons. The average Bonchev–Trinajstić information content (AvgIpc) is 3.09. The third-order valence-corrected chi connectivity index (χ3v) is 4.06. The van der Waals surface area contributed by atoms with Crippen LogP contribution in [0.25, 0.3) is 11.3 Å². The molecule has 2 N–H and O–H groups in total. The number of H-pyrrole nitrogens is 1. The number of nitrogens with zero attached hydrogens (tertiary/aromatic N) is 1. The molecule has 1 heterocycles. The summed E-state index contributed by atoms with van der Waals surface area (Å²) >= 11 is 0. The molecule has 28 heavy (non-hydrogen) atoms. The Morgan fingerprint density at radius 1 is 1.11 bits per heavy atom. The second-order valence-corrected chi connectivity index (χ2v) is 6.00. The van der Waals surface area contributed by atoms with Gasteiger partial charge < -0.3 is 10.1 Å². The molecule has 0 aliphatic carbocycles. The van der Waals surface area contributed by atoms with E-state index in [1.807, 2.05) is 13.0 Å². The van der Waals surface area contributed by atoms with Crippen LogP contribution in [0.5, 0.6) is 5.75 Å². The van der Waals surface area contributed by atoms with Crippen molar-refractivity contribution in [2.24, 2.45) is 0 Å². The first-order valence-electron chi connectivity index (χ1n) is 8.61. The van der Waals surface area contributed by atoms with Crippen LogP contribution < -0.4 is 10.1 Å². The van der Waals surface area contributed by atoms with Crippen LogP contribution in [0.4, 0.5) is 18.9 Å². The van der Waals surface area contributed by atoms with Crippen LogP contribution in [-0.4, -0.2) is 22.7 Å². The smallest absolute Gasteiger partial charge is 0.416 e. The molecule has 1 aromatic heterocycles. The van der Waals surface area contributed by atoms with Crippen molar-refractivity contribution in [3.8, 4) is 17.0 Å². The molecular weight excluding hydrogens is 371 g/mol. The summed E-state index contributed by atoms with van der Waals surface area (Å²) in [6, 6.07) is 13.5. The van der Waals surface area contributed by atoms with E-state index in [1.54, 1.807) is 24.3 Å². The number of rotatable bonds is 6. The number of alkyl halides is 3. The van der Waals surface area contributed by atoms with Gasteiger partial charge in [0.05, 0.1) is 16.9 Å².